The van der Waals surface area contributed by atoms with Gasteiger partial charge in [0.25, 0.3) is 0 Å². The number of para-hydroxylation sites is 2. The molecule has 1 aliphatic heterocycles. The van der Waals surface area contributed by atoms with Crippen LogP contribution >= 0.6 is 0 Å². The van der Waals surface area contributed by atoms with E-state index in [1.54, 1.807) is 0 Å². The van der Waals surface area contributed by atoms with Crippen LogP contribution in [0.25, 0.3) is 5.57 Å². The van der Waals surface area contributed by atoms with E-state index in [1.807, 2.05) is 13.8 Å². The lowest BCUT2D eigenvalue weighted by molar-refractivity contribution is 0.461. The summed E-state index contributed by atoms with van der Waals surface area (Å²) in [6, 6.07) is 12.9. The molecule has 0 bridgehead atoms. The van der Waals surface area contributed by atoms with Crippen LogP contribution in [-0.4, -0.2) is 0 Å². The van der Waals surface area contributed by atoms with Crippen LogP contribution in [0.4, 0.5) is 0 Å². The molecule has 3 rings (SSSR count). The lowest BCUT2D eigenvalue weighted by Crippen LogP contribution is -2.08. The van der Waals surface area contributed by atoms with Gasteiger partial charge in [0, 0.05) is 11.1 Å². The normalized spacial score (nSPS) is 11.9. The maximum Gasteiger partial charge on any atom is 0.138 e. The van der Waals surface area contributed by atoms with Crippen LogP contribution < -0.4 is 4.74 Å². The maximum absolute atomic E-state index is 6.35. The Bertz CT molecular complexity index is 732. The number of aryl methyl sites for hydroxylation is 1. The first-order valence-corrected chi connectivity index (χ1v) is 8.59. The van der Waals surface area contributed by atoms with Crippen molar-refractivity contribution in [2.24, 2.45) is 0 Å². The van der Waals surface area contributed by atoms with Crippen molar-refractivity contribution in [1.29, 1.82) is 0 Å². The zero-order chi connectivity index (χ0) is 17.1. The largest absolute Gasteiger partial charge is 0.455 e. The van der Waals surface area contributed by atoms with E-state index < -0.39 is 0 Å². The van der Waals surface area contributed by atoms with E-state index in [9.17, 15) is 0 Å². The van der Waals surface area contributed by atoms with Crippen molar-refractivity contribution >= 4 is 5.57 Å². The molecule has 1 nitrogen and oxygen atoms in total. The monoisotopic (exact) mass is 308 g/mol. The molecule has 0 N–H and O–H groups in total. The van der Waals surface area contributed by atoms with Crippen LogP contribution in [0.15, 0.2) is 42.0 Å². The van der Waals surface area contributed by atoms with E-state index >= 15 is 0 Å². The highest BCUT2D eigenvalue weighted by molar-refractivity contribution is 5.90. The molecule has 0 radical (unpaired) electrons. The van der Waals surface area contributed by atoms with E-state index in [0.29, 0.717) is 5.92 Å². The van der Waals surface area contributed by atoms with Crippen molar-refractivity contribution in [2.75, 3.05) is 0 Å². The SMILES string of the molecule is CC.CC(C)=C1c2cccc(C)c2Oc2c1cccc2C(C)C. The zero-order valence-corrected chi connectivity index (χ0v) is 15.4. The van der Waals surface area contributed by atoms with Crippen LogP contribution in [0.2, 0.25) is 0 Å². The average Bonchev–Trinajstić information content (AvgIpc) is 2.54. The van der Waals surface area contributed by atoms with Crippen molar-refractivity contribution in [3.63, 3.8) is 0 Å². The van der Waals surface area contributed by atoms with E-state index in [-0.39, 0.29) is 0 Å². The number of allylic oxidation sites excluding steroid dienone is 1. The van der Waals surface area contributed by atoms with E-state index in [2.05, 4.69) is 71.0 Å². The molecule has 0 amide bonds. The van der Waals surface area contributed by atoms with Gasteiger partial charge in [-0.1, -0.05) is 69.7 Å². The summed E-state index contributed by atoms with van der Waals surface area (Å²) in [6.45, 7) is 14.9. The first-order chi connectivity index (χ1) is 11.0. The number of ether oxygens (including phenoxy) is 1. The molecule has 0 unspecified atom stereocenters. The molecule has 2 aromatic carbocycles. The predicted molar refractivity (Wildman–Crippen MR) is 101 cm³/mol. The fraction of sp³-hybridized carbons (Fsp3) is 0.364. The Balaban J connectivity index is 0.000000924. The van der Waals surface area contributed by atoms with Gasteiger partial charge in [-0.05, 0) is 43.4 Å². The second-order valence-electron chi connectivity index (χ2n) is 6.31. The van der Waals surface area contributed by atoms with Gasteiger partial charge >= 0.3 is 0 Å². The number of hydrogen-bond donors (Lipinski definition) is 0. The average molecular weight is 308 g/mol. The summed E-state index contributed by atoms with van der Waals surface area (Å²) in [5, 5.41) is 0. The van der Waals surface area contributed by atoms with Crippen molar-refractivity contribution in [2.45, 2.75) is 54.4 Å². The van der Waals surface area contributed by atoms with E-state index in [4.69, 9.17) is 4.74 Å². The highest BCUT2D eigenvalue weighted by Crippen LogP contribution is 2.48. The van der Waals surface area contributed by atoms with E-state index in [1.165, 1.54) is 33.4 Å². The third-order valence-electron chi connectivity index (χ3n) is 4.12. The molecular weight excluding hydrogens is 280 g/mol. The Morgan fingerprint density at radius 1 is 0.870 bits per heavy atom. The summed E-state index contributed by atoms with van der Waals surface area (Å²) in [6.07, 6.45) is 0. The molecule has 0 atom stereocenters. The standard InChI is InChI=1S/C20H22O.C2H6/c1-12(2)15-9-7-11-17-18(13(3)4)16-10-6-8-14(5)19(16)21-20(15)17;1-2/h6-12H,1-5H3;1-2H3. The second kappa shape index (κ2) is 7.04. The van der Waals surface area contributed by atoms with Gasteiger partial charge in [0.2, 0.25) is 0 Å². The predicted octanol–water partition coefficient (Wildman–Crippen LogP) is 7.09. The van der Waals surface area contributed by atoms with Crippen LogP contribution in [0.1, 0.15) is 69.7 Å². The summed E-state index contributed by atoms with van der Waals surface area (Å²) in [5.41, 5.74) is 7.54. The minimum Gasteiger partial charge on any atom is -0.455 e. The summed E-state index contributed by atoms with van der Waals surface area (Å²) < 4.78 is 6.35. The van der Waals surface area contributed by atoms with Crippen LogP contribution in [0.5, 0.6) is 11.5 Å². The summed E-state index contributed by atoms with van der Waals surface area (Å²) in [7, 11) is 0. The first kappa shape index (κ1) is 17.3. The van der Waals surface area contributed by atoms with Gasteiger partial charge in [-0.25, -0.2) is 0 Å². The van der Waals surface area contributed by atoms with Gasteiger partial charge in [0.05, 0.1) is 0 Å². The van der Waals surface area contributed by atoms with Crippen molar-refractivity contribution in [3.8, 4) is 11.5 Å². The van der Waals surface area contributed by atoms with Gasteiger partial charge in [-0.15, -0.1) is 0 Å². The second-order valence-corrected chi connectivity index (χ2v) is 6.31. The smallest absolute Gasteiger partial charge is 0.138 e. The van der Waals surface area contributed by atoms with Gasteiger partial charge in [-0.2, -0.15) is 0 Å². The van der Waals surface area contributed by atoms with Crippen LogP contribution in [-0.2, 0) is 0 Å². The molecule has 0 aliphatic carbocycles. The maximum atomic E-state index is 6.35. The van der Waals surface area contributed by atoms with Gasteiger partial charge in [-0.3, -0.25) is 0 Å². The third kappa shape index (κ3) is 3.06. The molecule has 1 heteroatoms. The molecule has 0 fully saturated rings. The Morgan fingerprint density at radius 2 is 1.43 bits per heavy atom. The summed E-state index contributed by atoms with van der Waals surface area (Å²) in [4.78, 5) is 0. The minimum absolute atomic E-state index is 0.448. The Kier molecular flexibility index (Phi) is 5.30. The molecule has 1 aliphatic rings. The topological polar surface area (TPSA) is 9.23 Å². The molecule has 0 spiro atoms. The van der Waals surface area contributed by atoms with Crippen LogP contribution in [0.3, 0.4) is 0 Å². The fourth-order valence-electron chi connectivity index (χ4n) is 3.09. The highest BCUT2D eigenvalue weighted by atomic mass is 16.5. The number of rotatable bonds is 1. The van der Waals surface area contributed by atoms with Crippen molar-refractivity contribution < 1.29 is 4.74 Å². The number of fused-ring (bicyclic) bond motifs is 2. The molecule has 0 saturated heterocycles. The van der Waals surface area contributed by atoms with Gasteiger partial charge in [0.1, 0.15) is 11.5 Å². The minimum atomic E-state index is 0.448. The Labute approximate surface area is 141 Å². The molecule has 23 heavy (non-hydrogen) atoms. The molecule has 0 saturated carbocycles. The number of benzene rings is 2. The lowest BCUT2D eigenvalue weighted by atomic mass is 9.87. The lowest BCUT2D eigenvalue weighted by Gasteiger charge is -2.28. The zero-order valence-electron chi connectivity index (χ0n) is 15.4. The van der Waals surface area contributed by atoms with E-state index in [0.717, 1.165) is 11.5 Å². The molecule has 122 valence electrons. The summed E-state index contributed by atoms with van der Waals surface area (Å²) in [5.74, 6) is 2.49. The summed E-state index contributed by atoms with van der Waals surface area (Å²) >= 11 is 0. The van der Waals surface area contributed by atoms with Crippen LogP contribution in [0, 0.1) is 6.92 Å². The molecular formula is C22H28O. The Morgan fingerprint density at radius 3 is 2.00 bits per heavy atom. The molecule has 2 aromatic rings. The third-order valence-corrected chi connectivity index (χ3v) is 4.12. The molecule has 1 heterocycles. The molecule has 0 aromatic heterocycles. The van der Waals surface area contributed by atoms with Crippen molar-refractivity contribution in [1.82, 2.24) is 0 Å². The van der Waals surface area contributed by atoms with Gasteiger partial charge in [0.15, 0.2) is 0 Å². The fourth-order valence-corrected chi connectivity index (χ4v) is 3.09. The Hall–Kier alpha value is -2.02. The quantitative estimate of drug-likeness (QED) is 0.466. The van der Waals surface area contributed by atoms with Gasteiger partial charge < -0.3 is 4.74 Å². The number of hydrogen-bond acceptors (Lipinski definition) is 1. The first-order valence-electron chi connectivity index (χ1n) is 8.59. The van der Waals surface area contributed by atoms with Crippen molar-refractivity contribution in [3.05, 3.63) is 64.2 Å². The highest BCUT2D eigenvalue weighted by Gasteiger charge is 2.26.